The number of rotatable bonds is 4. The predicted octanol–water partition coefficient (Wildman–Crippen LogP) is 3.43. The fraction of sp³-hybridized carbons (Fsp3) is 0.0500. The summed E-state index contributed by atoms with van der Waals surface area (Å²) in [6.45, 7) is 0. The Kier molecular flexibility index (Phi) is 4.86. The number of fused-ring (bicyclic) bond motifs is 1. The first kappa shape index (κ1) is 17.9. The molecule has 0 bridgehead atoms. The number of hydrogen-bond donors (Lipinski definition) is 3. The van der Waals surface area contributed by atoms with Crippen LogP contribution in [0.5, 0.6) is 0 Å². The molecule has 28 heavy (non-hydrogen) atoms. The van der Waals surface area contributed by atoms with Crippen molar-refractivity contribution in [3.05, 3.63) is 77.2 Å². The van der Waals surface area contributed by atoms with Crippen LogP contribution in [0.15, 0.2) is 60.0 Å². The molecule has 6 nitrogen and oxygen atoms in total. The predicted molar refractivity (Wildman–Crippen MR) is 105 cm³/mol. The Morgan fingerprint density at radius 2 is 1.86 bits per heavy atom. The van der Waals surface area contributed by atoms with Gasteiger partial charge < -0.3 is 4.98 Å². The molecule has 0 saturated heterocycles. The Balaban J connectivity index is 1.34. The molecular weight excluding hydrogens is 379 g/mol. The number of hydrogen-bond acceptors (Lipinski definition) is 4. The summed E-state index contributed by atoms with van der Waals surface area (Å²) >= 11 is 1.37. The molecule has 2 aromatic heterocycles. The van der Waals surface area contributed by atoms with Gasteiger partial charge in [0.05, 0.1) is 12.1 Å². The van der Waals surface area contributed by atoms with Gasteiger partial charge in [0.25, 0.3) is 5.91 Å². The average Bonchev–Trinajstić information content (AvgIpc) is 3.33. The zero-order valence-electron chi connectivity index (χ0n) is 14.5. The highest BCUT2D eigenvalue weighted by Crippen LogP contribution is 2.24. The highest BCUT2D eigenvalue weighted by molar-refractivity contribution is 7.13. The molecule has 0 spiro atoms. The Bertz CT molecular complexity index is 1120. The van der Waals surface area contributed by atoms with Gasteiger partial charge in [-0.05, 0) is 36.4 Å². The quantitative estimate of drug-likeness (QED) is 0.464. The highest BCUT2D eigenvalue weighted by atomic mass is 32.1. The van der Waals surface area contributed by atoms with Crippen LogP contribution in [-0.2, 0) is 11.2 Å². The van der Waals surface area contributed by atoms with E-state index in [9.17, 15) is 14.0 Å². The summed E-state index contributed by atoms with van der Waals surface area (Å²) in [5.41, 5.74) is 7.33. The Labute approximate surface area is 163 Å². The molecule has 0 aliphatic rings. The lowest BCUT2D eigenvalue weighted by Crippen LogP contribution is -2.42. The lowest BCUT2D eigenvalue weighted by molar-refractivity contribution is -0.121. The van der Waals surface area contributed by atoms with Gasteiger partial charge in [-0.3, -0.25) is 20.4 Å². The van der Waals surface area contributed by atoms with E-state index in [2.05, 4.69) is 20.8 Å². The molecule has 2 heterocycles. The van der Waals surface area contributed by atoms with Gasteiger partial charge in [0.15, 0.2) is 0 Å². The van der Waals surface area contributed by atoms with Gasteiger partial charge in [0.1, 0.15) is 16.5 Å². The number of halogens is 1. The van der Waals surface area contributed by atoms with Crippen LogP contribution in [0.4, 0.5) is 4.39 Å². The average molecular weight is 394 g/mol. The minimum Gasteiger partial charge on any atom is -0.350 e. The molecule has 0 saturated carbocycles. The number of H-pyrrole nitrogens is 1. The van der Waals surface area contributed by atoms with E-state index in [1.165, 1.54) is 23.5 Å². The molecule has 4 aromatic rings. The maximum Gasteiger partial charge on any atom is 0.286 e. The summed E-state index contributed by atoms with van der Waals surface area (Å²) < 4.78 is 13.0. The molecule has 4 rings (SSSR count). The summed E-state index contributed by atoms with van der Waals surface area (Å²) in [7, 11) is 0. The maximum atomic E-state index is 13.0. The molecule has 2 aromatic carbocycles. The van der Waals surface area contributed by atoms with Gasteiger partial charge in [0.2, 0.25) is 5.91 Å². The van der Waals surface area contributed by atoms with Gasteiger partial charge in [-0.15, -0.1) is 11.3 Å². The molecule has 0 radical (unpaired) electrons. The smallest absolute Gasteiger partial charge is 0.286 e. The Hall–Kier alpha value is -3.52. The topological polar surface area (TPSA) is 86.9 Å². The number of nitrogens with zero attached hydrogens (tertiary/aromatic N) is 1. The van der Waals surface area contributed by atoms with E-state index in [4.69, 9.17) is 0 Å². The van der Waals surface area contributed by atoms with Crippen molar-refractivity contribution in [2.45, 2.75) is 6.42 Å². The second-order valence-electron chi connectivity index (χ2n) is 6.10. The molecule has 0 unspecified atom stereocenters. The van der Waals surface area contributed by atoms with Crippen molar-refractivity contribution in [2.24, 2.45) is 0 Å². The Morgan fingerprint density at radius 1 is 1.07 bits per heavy atom. The standard InChI is InChI=1S/C20H15FN4O2S/c21-14-7-5-12(6-8-14)20-22-15(11-28-20)10-18(26)24-25-19(27)17-9-13-3-1-2-4-16(13)23-17/h1-9,11,23H,10H2,(H,24,26)(H,25,27). The zero-order chi connectivity index (χ0) is 19.5. The fourth-order valence-electron chi connectivity index (χ4n) is 2.71. The molecule has 0 aliphatic heterocycles. The van der Waals surface area contributed by atoms with Crippen LogP contribution in [0.3, 0.4) is 0 Å². The number of carbonyl (C=O) groups is 2. The minimum atomic E-state index is -0.435. The largest absolute Gasteiger partial charge is 0.350 e. The van der Waals surface area contributed by atoms with E-state index in [0.717, 1.165) is 16.5 Å². The van der Waals surface area contributed by atoms with Crippen molar-refractivity contribution in [1.29, 1.82) is 0 Å². The monoisotopic (exact) mass is 394 g/mol. The van der Waals surface area contributed by atoms with Crippen LogP contribution in [0.1, 0.15) is 16.2 Å². The third-order valence-corrected chi connectivity index (χ3v) is 5.01. The number of amides is 2. The van der Waals surface area contributed by atoms with E-state index in [1.807, 2.05) is 24.3 Å². The zero-order valence-corrected chi connectivity index (χ0v) is 15.3. The summed E-state index contributed by atoms with van der Waals surface area (Å²) in [4.78, 5) is 31.7. The molecular formula is C20H15FN4O2S. The van der Waals surface area contributed by atoms with Gasteiger partial charge >= 0.3 is 0 Å². The molecule has 8 heteroatoms. The first-order valence-electron chi connectivity index (χ1n) is 8.46. The summed E-state index contributed by atoms with van der Waals surface area (Å²) in [5, 5.41) is 3.37. The van der Waals surface area contributed by atoms with Crippen molar-refractivity contribution >= 4 is 34.1 Å². The minimum absolute atomic E-state index is 0.0185. The second kappa shape index (κ2) is 7.61. The SMILES string of the molecule is O=C(Cc1csc(-c2ccc(F)cc2)n1)NNC(=O)c1cc2ccccc2[nH]1. The van der Waals surface area contributed by atoms with E-state index in [1.54, 1.807) is 23.6 Å². The third kappa shape index (κ3) is 3.91. The van der Waals surface area contributed by atoms with Crippen LogP contribution >= 0.6 is 11.3 Å². The number of benzene rings is 2. The number of aromatic nitrogens is 2. The van der Waals surface area contributed by atoms with E-state index >= 15 is 0 Å². The molecule has 2 amide bonds. The van der Waals surface area contributed by atoms with E-state index in [0.29, 0.717) is 16.4 Å². The maximum absolute atomic E-state index is 13.0. The van der Waals surface area contributed by atoms with Gasteiger partial charge in [0, 0.05) is 21.8 Å². The van der Waals surface area contributed by atoms with Crippen LogP contribution in [0, 0.1) is 5.82 Å². The van der Waals surface area contributed by atoms with Crippen molar-refractivity contribution in [3.8, 4) is 10.6 Å². The second-order valence-corrected chi connectivity index (χ2v) is 6.96. The third-order valence-electron chi connectivity index (χ3n) is 4.07. The number of carbonyl (C=O) groups excluding carboxylic acids is 2. The summed E-state index contributed by atoms with van der Waals surface area (Å²) in [6, 6.07) is 15.2. The molecule has 0 fully saturated rings. The first-order chi connectivity index (χ1) is 13.6. The summed E-state index contributed by atoms with van der Waals surface area (Å²) in [6.07, 6.45) is 0.0185. The lowest BCUT2D eigenvalue weighted by atomic mass is 10.2. The highest BCUT2D eigenvalue weighted by Gasteiger charge is 2.12. The summed E-state index contributed by atoms with van der Waals surface area (Å²) in [5.74, 6) is -1.14. The van der Waals surface area contributed by atoms with Crippen LogP contribution in [0.25, 0.3) is 21.5 Å². The van der Waals surface area contributed by atoms with Gasteiger partial charge in [-0.2, -0.15) is 0 Å². The lowest BCUT2D eigenvalue weighted by Gasteiger charge is -2.05. The molecule has 3 N–H and O–H groups in total. The van der Waals surface area contributed by atoms with Gasteiger partial charge in [-0.1, -0.05) is 18.2 Å². The number of nitrogens with one attached hydrogen (secondary N) is 3. The van der Waals surface area contributed by atoms with Crippen LogP contribution in [-0.4, -0.2) is 21.8 Å². The first-order valence-corrected chi connectivity index (χ1v) is 9.34. The van der Waals surface area contributed by atoms with Crippen LogP contribution < -0.4 is 10.9 Å². The van der Waals surface area contributed by atoms with E-state index in [-0.39, 0.29) is 18.1 Å². The number of aromatic amines is 1. The van der Waals surface area contributed by atoms with E-state index < -0.39 is 5.91 Å². The van der Waals surface area contributed by atoms with Crippen molar-refractivity contribution in [2.75, 3.05) is 0 Å². The molecule has 0 aliphatic carbocycles. The van der Waals surface area contributed by atoms with Crippen LogP contribution in [0.2, 0.25) is 0 Å². The fourth-order valence-corrected chi connectivity index (χ4v) is 3.54. The Morgan fingerprint density at radius 3 is 2.64 bits per heavy atom. The van der Waals surface area contributed by atoms with Crippen molar-refractivity contribution < 1.29 is 14.0 Å². The number of para-hydroxylation sites is 1. The van der Waals surface area contributed by atoms with Crippen molar-refractivity contribution in [3.63, 3.8) is 0 Å². The molecule has 140 valence electrons. The van der Waals surface area contributed by atoms with Crippen molar-refractivity contribution in [1.82, 2.24) is 20.8 Å². The number of thiazole rings is 1. The normalized spacial score (nSPS) is 10.8. The van der Waals surface area contributed by atoms with Gasteiger partial charge in [-0.25, -0.2) is 9.37 Å². The number of hydrazine groups is 1. The molecule has 0 atom stereocenters.